The van der Waals surface area contributed by atoms with Crippen molar-refractivity contribution >= 4 is 11.9 Å². The highest BCUT2D eigenvalue weighted by Crippen LogP contribution is 2.12. The topological polar surface area (TPSA) is 52.6 Å². The first-order valence-electron chi connectivity index (χ1n) is 10.9. The normalized spacial score (nSPS) is 13.2. The summed E-state index contributed by atoms with van der Waals surface area (Å²) >= 11 is 0. The lowest BCUT2D eigenvalue weighted by Crippen LogP contribution is -2.16. The summed E-state index contributed by atoms with van der Waals surface area (Å²) in [6.07, 6.45) is 13.6. The average molecular weight is 371 g/mol. The molecule has 26 heavy (non-hydrogen) atoms. The largest absolute Gasteiger partial charge is 0.463 e. The molecule has 0 aliphatic rings. The van der Waals surface area contributed by atoms with Crippen LogP contribution in [-0.4, -0.2) is 24.1 Å². The van der Waals surface area contributed by atoms with Gasteiger partial charge in [-0.25, -0.2) is 0 Å². The molecular formula is C22H42O4. The molecule has 0 aliphatic heterocycles. The third-order valence-electron chi connectivity index (χ3n) is 4.61. The van der Waals surface area contributed by atoms with Gasteiger partial charge in [0.1, 0.15) is 0 Å². The van der Waals surface area contributed by atoms with Crippen LogP contribution < -0.4 is 0 Å². The minimum atomic E-state index is -0.148. The van der Waals surface area contributed by atoms with Gasteiger partial charge in [0.05, 0.1) is 12.2 Å². The van der Waals surface area contributed by atoms with Crippen LogP contribution in [0.1, 0.15) is 118 Å². The van der Waals surface area contributed by atoms with Crippen molar-refractivity contribution in [3.8, 4) is 0 Å². The first kappa shape index (κ1) is 24.9. The molecule has 0 aromatic heterocycles. The molecule has 2 unspecified atom stereocenters. The molecule has 0 N–H and O–H groups in total. The molecule has 0 saturated heterocycles. The zero-order valence-corrected chi connectivity index (χ0v) is 17.7. The number of hydrogen-bond donors (Lipinski definition) is 0. The molecule has 0 amide bonds. The maximum absolute atomic E-state index is 11.8. The Bertz CT molecular complexity index is 320. The first-order chi connectivity index (χ1) is 12.5. The van der Waals surface area contributed by atoms with E-state index in [9.17, 15) is 9.59 Å². The summed E-state index contributed by atoms with van der Waals surface area (Å²) < 4.78 is 10.8. The second-order valence-electron chi connectivity index (χ2n) is 7.51. The van der Waals surface area contributed by atoms with Crippen LogP contribution in [0.3, 0.4) is 0 Å². The Morgan fingerprint density at radius 1 is 0.615 bits per heavy atom. The lowest BCUT2D eigenvalue weighted by Gasteiger charge is -2.14. The quantitative estimate of drug-likeness (QED) is 0.221. The summed E-state index contributed by atoms with van der Waals surface area (Å²) in [6.45, 7) is 8.30. The Balaban J connectivity index is 3.61. The fourth-order valence-electron chi connectivity index (χ4n) is 2.94. The minimum absolute atomic E-state index is 0.00196. The van der Waals surface area contributed by atoms with Gasteiger partial charge in [0, 0.05) is 12.8 Å². The highest BCUT2D eigenvalue weighted by Gasteiger charge is 2.12. The zero-order valence-electron chi connectivity index (χ0n) is 17.7. The molecule has 4 nitrogen and oxygen atoms in total. The van der Waals surface area contributed by atoms with Crippen LogP contribution in [0.25, 0.3) is 0 Å². The van der Waals surface area contributed by atoms with E-state index in [-0.39, 0.29) is 24.1 Å². The minimum Gasteiger partial charge on any atom is -0.463 e. The Labute approximate surface area is 161 Å². The second kappa shape index (κ2) is 17.4. The van der Waals surface area contributed by atoms with Gasteiger partial charge in [-0.1, -0.05) is 52.4 Å². The van der Waals surface area contributed by atoms with Crippen molar-refractivity contribution in [1.82, 2.24) is 0 Å². The average Bonchev–Trinajstić information content (AvgIpc) is 2.59. The van der Waals surface area contributed by atoms with Crippen LogP contribution in [0.4, 0.5) is 0 Å². The number of rotatable bonds is 17. The predicted octanol–water partition coefficient (Wildman–Crippen LogP) is 6.35. The van der Waals surface area contributed by atoms with Gasteiger partial charge in [-0.15, -0.1) is 0 Å². The maximum atomic E-state index is 11.8. The number of carbonyl (C=O) groups is 2. The fraction of sp³-hybridized carbons (Fsp3) is 0.909. The van der Waals surface area contributed by atoms with E-state index >= 15 is 0 Å². The lowest BCUT2D eigenvalue weighted by molar-refractivity contribution is -0.151. The summed E-state index contributed by atoms with van der Waals surface area (Å²) in [5, 5.41) is 0. The van der Waals surface area contributed by atoms with Crippen LogP contribution in [0, 0.1) is 0 Å². The van der Waals surface area contributed by atoms with Gasteiger partial charge in [0.2, 0.25) is 0 Å². The molecule has 0 saturated carbocycles. The maximum Gasteiger partial charge on any atom is 0.306 e. The van der Waals surface area contributed by atoms with E-state index in [0.29, 0.717) is 25.7 Å². The van der Waals surface area contributed by atoms with Gasteiger partial charge in [-0.3, -0.25) is 9.59 Å². The smallest absolute Gasteiger partial charge is 0.306 e. The molecule has 0 radical (unpaired) electrons. The Morgan fingerprint density at radius 2 is 1.00 bits per heavy atom. The molecule has 0 spiro atoms. The third kappa shape index (κ3) is 16.4. The van der Waals surface area contributed by atoms with E-state index in [4.69, 9.17) is 9.47 Å². The lowest BCUT2D eigenvalue weighted by atomic mass is 10.1. The number of hydrogen-bond acceptors (Lipinski definition) is 4. The summed E-state index contributed by atoms with van der Waals surface area (Å²) in [5.74, 6) is -0.295. The van der Waals surface area contributed by atoms with E-state index in [1.54, 1.807) is 0 Å². The van der Waals surface area contributed by atoms with Crippen molar-refractivity contribution in [3.05, 3.63) is 0 Å². The fourth-order valence-corrected chi connectivity index (χ4v) is 2.94. The highest BCUT2D eigenvalue weighted by atomic mass is 16.5. The Morgan fingerprint density at radius 3 is 1.35 bits per heavy atom. The van der Waals surface area contributed by atoms with Crippen molar-refractivity contribution in [2.24, 2.45) is 0 Å². The first-order valence-corrected chi connectivity index (χ1v) is 10.9. The van der Waals surface area contributed by atoms with Crippen molar-refractivity contribution in [2.75, 3.05) is 0 Å². The summed E-state index contributed by atoms with van der Waals surface area (Å²) in [6, 6.07) is 0. The third-order valence-corrected chi connectivity index (χ3v) is 4.61. The van der Waals surface area contributed by atoms with Gasteiger partial charge in [0.25, 0.3) is 0 Å². The van der Waals surface area contributed by atoms with Crippen LogP contribution in [0.5, 0.6) is 0 Å². The molecule has 0 rings (SSSR count). The van der Waals surface area contributed by atoms with Gasteiger partial charge in [0.15, 0.2) is 0 Å². The van der Waals surface area contributed by atoms with Gasteiger partial charge >= 0.3 is 11.9 Å². The van der Waals surface area contributed by atoms with Gasteiger partial charge in [-0.05, 0) is 52.4 Å². The van der Waals surface area contributed by atoms with Gasteiger partial charge in [-0.2, -0.15) is 0 Å². The van der Waals surface area contributed by atoms with E-state index < -0.39 is 0 Å². The molecule has 0 bridgehead atoms. The van der Waals surface area contributed by atoms with Crippen molar-refractivity contribution in [1.29, 1.82) is 0 Å². The molecular weight excluding hydrogens is 328 g/mol. The molecule has 0 aromatic carbocycles. The second-order valence-corrected chi connectivity index (χ2v) is 7.51. The van der Waals surface area contributed by atoms with Crippen LogP contribution in [0.2, 0.25) is 0 Å². The van der Waals surface area contributed by atoms with E-state index in [1.807, 2.05) is 13.8 Å². The monoisotopic (exact) mass is 370 g/mol. The van der Waals surface area contributed by atoms with Crippen LogP contribution in [0.15, 0.2) is 0 Å². The molecule has 154 valence electrons. The summed E-state index contributed by atoms with van der Waals surface area (Å²) in [4.78, 5) is 23.6. The number of unbranched alkanes of at least 4 members (excludes halogenated alkanes) is 7. The molecule has 0 heterocycles. The molecule has 0 aromatic rings. The SMILES string of the molecule is CCCCCCC(C)OC(=O)CCCCC(=O)OC(C)CCCCCC. The molecule has 4 heteroatoms. The van der Waals surface area contributed by atoms with Crippen LogP contribution >= 0.6 is 0 Å². The Kier molecular flexibility index (Phi) is 16.7. The molecule has 0 fully saturated rings. The van der Waals surface area contributed by atoms with Crippen molar-refractivity contribution in [2.45, 2.75) is 130 Å². The number of carbonyl (C=O) groups excluding carboxylic acids is 2. The standard InChI is InChI=1S/C22H42O4/c1-5-7-9-11-15-19(3)25-21(23)17-13-14-18-22(24)26-20(4)16-12-10-8-6-2/h19-20H,5-18H2,1-4H3. The van der Waals surface area contributed by atoms with E-state index in [1.165, 1.54) is 38.5 Å². The number of ether oxygens (including phenoxy) is 2. The zero-order chi connectivity index (χ0) is 19.6. The predicted molar refractivity (Wildman–Crippen MR) is 107 cm³/mol. The van der Waals surface area contributed by atoms with E-state index in [2.05, 4.69) is 13.8 Å². The number of esters is 2. The van der Waals surface area contributed by atoms with Crippen LogP contribution in [-0.2, 0) is 19.1 Å². The van der Waals surface area contributed by atoms with E-state index in [0.717, 1.165) is 25.7 Å². The Hall–Kier alpha value is -1.06. The summed E-state index contributed by atoms with van der Waals surface area (Å²) in [5.41, 5.74) is 0. The molecule has 0 aliphatic carbocycles. The van der Waals surface area contributed by atoms with Gasteiger partial charge < -0.3 is 9.47 Å². The highest BCUT2D eigenvalue weighted by molar-refractivity contribution is 5.70. The van der Waals surface area contributed by atoms with Crippen molar-refractivity contribution in [3.63, 3.8) is 0 Å². The molecule has 2 atom stereocenters. The summed E-state index contributed by atoms with van der Waals surface area (Å²) in [7, 11) is 0. The van der Waals surface area contributed by atoms with Crippen molar-refractivity contribution < 1.29 is 19.1 Å².